The van der Waals surface area contributed by atoms with Crippen LogP contribution in [0.5, 0.6) is 0 Å². The monoisotopic (exact) mass is 303 g/mol. The molecule has 5 heteroatoms. The summed E-state index contributed by atoms with van der Waals surface area (Å²) in [5.41, 5.74) is 1.81. The van der Waals surface area contributed by atoms with Gasteiger partial charge in [0.2, 0.25) is 5.91 Å². The Morgan fingerprint density at radius 1 is 1.32 bits per heavy atom. The highest BCUT2D eigenvalue weighted by Gasteiger charge is 2.24. The van der Waals surface area contributed by atoms with Gasteiger partial charge in [0, 0.05) is 50.9 Å². The molecule has 22 heavy (non-hydrogen) atoms. The summed E-state index contributed by atoms with van der Waals surface area (Å²) < 4.78 is 0. The van der Waals surface area contributed by atoms with E-state index in [1.807, 2.05) is 36.2 Å². The highest BCUT2D eigenvalue weighted by Crippen LogP contribution is 2.17. The van der Waals surface area contributed by atoms with E-state index < -0.39 is 0 Å². The van der Waals surface area contributed by atoms with Gasteiger partial charge in [-0.3, -0.25) is 9.59 Å². The minimum Gasteiger partial charge on any atom is -0.375 e. The summed E-state index contributed by atoms with van der Waals surface area (Å²) in [5.74, 6) is 0.00649. The van der Waals surface area contributed by atoms with Crippen LogP contribution < -0.4 is 10.2 Å². The number of nitrogens with zero attached hydrogens (tertiary/aromatic N) is 2. The summed E-state index contributed by atoms with van der Waals surface area (Å²) in [6, 6.07) is 7.79. The minimum atomic E-state index is -0.0359. The summed E-state index contributed by atoms with van der Waals surface area (Å²) in [6.45, 7) is 5.89. The number of benzene rings is 1. The maximum Gasteiger partial charge on any atom is 0.253 e. The average Bonchev–Trinajstić information content (AvgIpc) is 2.53. The van der Waals surface area contributed by atoms with E-state index >= 15 is 0 Å². The quantitative estimate of drug-likeness (QED) is 0.924. The van der Waals surface area contributed by atoms with Crippen LogP contribution in [0.4, 0.5) is 5.69 Å². The van der Waals surface area contributed by atoms with Crippen molar-refractivity contribution >= 4 is 17.5 Å². The van der Waals surface area contributed by atoms with Crippen LogP contribution in [0, 0.1) is 0 Å². The highest BCUT2D eigenvalue weighted by molar-refractivity contribution is 5.94. The lowest BCUT2D eigenvalue weighted by Crippen LogP contribution is -2.49. The number of likely N-dealkylation sites (tertiary alicyclic amines) is 1. The van der Waals surface area contributed by atoms with Gasteiger partial charge in [-0.2, -0.15) is 0 Å². The van der Waals surface area contributed by atoms with Gasteiger partial charge in [0.25, 0.3) is 5.91 Å². The number of piperidine rings is 1. The van der Waals surface area contributed by atoms with Crippen LogP contribution >= 0.6 is 0 Å². The lowest BCUT2D eigenvalue weighted by Gasteiger charge is -2.33. The van der Waals surface area contributed by atoms with Gasteiger partial charge in [0.15, 0.2) is 0 Å². The van der Waals surface area contributed by atoms with Gasteiger partial charge >= 0.3 is 0 Å². The minimum absolute atomic E-state index is 0.0359. The molecule has 2 amide bonds. The van der Waals surface area contributed by atoms with Crippen molar-refractivity contribution in [2.45, 2.75) is 32.7 Å². The van der Waals surface area contributed by atoms with Crippen molar-refractivity contribution in [3.05, 3.63) is 29.8 Å². The molecule has 1 N–H and O–H groups in total. The Balaban J connectivity index is 2.02. The van der Waals surface area contributed by atoms with Crippen molar-refractivity contribution in [3.8, 4) is 0 Å². The molecule has 0 radical (unpaired) electrons. The number of nitrogens with one attached hydrogen (secondary N) is 1. The Morgan fingerprint density at radius 2 is 2.00 bits per heavy atom. The summed E-state index contributed by atoms with van der Waals surface area (Å²) in [4.78, 5) is 27.7. The molecule has 0 spiro atoms. The number of hydrogen-bond acceptors (Lipinski definition) is 3. The Kier molecular flexibility index (Phi) is 5.41. The van der Waals surface area contributed by atoms with Gasteiger partial charge in [0.05, 0.1) is 0 Å². The standard InChI is InChI=1S/C17H25N3O2/c1-4-19(3)16-9-7-14(8-10-16)17(22)20-11-5-6-15(12-20)18-13(2)21/h7-10,15H,4-6,11-12H2,1-3H3,(H,18,21). The number of rotatable bonds is 4. The lowest BCUT2D eigenvalue weighted by atomic mass is 10.0. The molecular weight excluding hydrogens is 278 g/mol. The van der Waals surface area contributed by atoms with E-state index in [0.29, 0.717) is 12.1 Å². The lowest BCUT2D eigenvalue weighted by molar-refractivity contribution is -0.120. The maximum atomic E-state index is 12.6. The number of carbonyl (C=O) groups is 2. The summed E-state index contributed by atoms with van der Waals surface area (Å²) in [5, 5.41) is 2.91. The Hall–Kier alpha value is -2.04. The van der Waals surface area contributed by atoms with Crippen molar-refractivity contribution in [2.24, 2.45) is 0 Å². The van der Waals surface area contributed by atoms with Crippen molar-refractivity contribution < 1.29 is 9.59 Å². The number of carbonyl (C=O) groups excluding carboxylic acids is 2. The normalized spacial score (nSPS) is 18.0. The van der Waals surface area contributed by atoms with E-state index in [4.69, 9.17) is 0 Å². The van der Waals surface area contributed by atoms with Crippen LogP contribution in [-0.4, -0.2) is 49.4 Å². The second kappa shape index (κ2) is 7.29. The summed E-state index contributed by atoms with van der Waals surface area (Å²) >= 11 is 0. The smallest absolute Gasteiger partial charge is 0.253 e. The van der Waals surface area contributed by atoms with E-state index in [0.717, 1.165) is 31.6 Å². The Labute approximate surface area is 132 Å². The Bertz CT molecular complexity index is 527. The average molecular weight is 303 g/mol. The molecule has 1 aliphatic rings. The third-order valence-electron chi connectivity index (χ3n) is 4.15. The number of hydrogen-bond donors (Lipinski definition) is 1. The largest absolute Gasteiger partial charge is 0.375 e. The van der Waals surface area contributed by atoms with E-state index in [9.17, 15) is 9.59 Å². The molecule has 0 aliphatic carbocycles. The number of amides is 2. The Morgan fingerprint density at radius 3 is 2.59 bits per heavy atom. The third kappa shape index (κ3) is 4.00. The van der Waals surface area contributed by atoms with E-state index in [2.05, 4.69) is 17.1 Å². The van der Waals surface area contributed by atoms with E-state index in [1.165, 1.54) is 6.92 Å². The molecule has 1 heterocycles. The zero-order chi connectivity index (χ0) is 16.1. The fraction of sp³-hybridized carbons (Fsp3) is 0.529. The molecular formula is C17H25N3O2. The molecule has 1 aromatic carbocycles. The highest BCUT2D eigenvalue weighted by atomic mass is 16.2. The molecule has 1 saturated heterocycles. The molecule has 5 nitrogen and oxygen atoms in total. The zero-order valence-corrected chi connectivity index (χ0v) is 13.6. The van der Waals surface area contributed by atoms with Crippen molar-refractivity contribution in [1.29, 1.82) is 0 Å². The first-order valence-electron chi connectivity index (χ1n) is 7.89. The van der Waals surface area contributed by atoms with Gasteiger partial charge in [0.1, 0.15) is 0 Å². The molecule has 120 valence electrons. The van der Waals surface area contributed by atoms with Crippen molar-refractivity contribution in [3.63, 3.8) is 0 Å². The molecule has 1 fully saturated rings. The van der Waals surface area contributed by atoms with Gasteiger partial charge < -0.3 is 15.1 Å². The number of anilines is 1. The van der Waals surface area contributed by atoms with Crippen LogP contribution in [0.25, 0.3) is 0 Å². The van der Waals surface area contributed by atoms with Gasteiger partial charge in [-0.1, -0.05) is 0 Å². The van der Waals surface area contributed by atoms with Crippen LogP contribution in [0.3, 0.4) is 0 Å². The third-order valence-corrected chi connectivity index (χ3v) is 4.15. The molecule has 1 atom stereocenters. The van der Waals surface area contributed by atoms with Crippen LogP contribution in [0.15, 0.2) is 24.3 Å². The van der Waals surface area contributed by atoms with Crippen LogP contribution in [0.1, 0.15) is 37.0 Å². The molecule has 1 unspecified atom stereocenters. The van der Waals surface area contributed by atoms with Crippen LogP contribution in [0.2, 0.25) is 0 Å². The van der Waals surface area contributed by atoms with E-state index in [1.54, 1.807) is 0 Å². The molecule has 2 rings (SSSR count). The first-order chi connectivity index (χ1) is 10.5. The predicted octanol–water partition coefficient (Wildman–Crippen LogP) is 1.88. The topological polar surface area (TPSA) is 52.7 Å². The van der Waals surface area contributed by atoms with Crippen molar-refractivity contribution in [1.82, 2.24) is 10.2 Å². The first kappa shape index (κ1) is 16.3. The summed E-state index contributed by atoms with van der Waals surface area (Å²) in [6.07, 6.45) is 1.86. The van der Waals surface area contributed by atoms with Gasteiger partial charge in [-0.25, -0.2) is 0 Å². The fourth-order valence-corrected chi connectivity index (χ4v) is 2.79. The zero-order valence-electron chi connectivity index (χ0n) is 13.6. The predicted molar refractivity (Wildman–Crippen MR) is 88.1 cm³/mol. The molecule has 0 aromatic heterocycles. The molecule has 0 saturated carbocycles. The van der Waals surface area contributed by atoms with Crippen LogP contribution in [-0.2, 0) is 4.79 Å². The molecule has 1 aliphatic heterocycles. The SMILES string of the molecule is CCN(C)c1ccc(C(=O)N2CCCC(NC(C)=O)C2)cc1. The second-order valence-corrected chi connectivity index (χ2v) is 5.85. The molecule has 1 aromatic rings. The second-order valence-electron chi connectivity index (χ2n) is 5.85. The van der Waals surface area contributed by atoms with E-state index in [-0.39, 0.29) is 17.9 Å². The van der Waals surface area contributed by atoms with Gasteiger partial charge in [-0.05, 0) is 44.0 Å². The van der Waals surface area contributed by atoms with Crippen molar-refractivity contribution in [2.75, 3.05) is 31.6 Å². The maximum absolute atomic E-state index is 12.6. The molecule has 0 bridgehead atoms. The fourth-order valence-electron chi connectivity index (χ4n) is 2.79. The van der Waals surface area contributed by atoms with Gasteiger partial charge in [-0.15, -0.1) is 0 Å². The summed E-state index contributed by atoms with van der Waals surface area (Å²) in [7, 11) is 2.03. The first-order valence-corrected chi connectivity index (χ1v) is 7.89.